The van der Waals surface area contributed by atoms with Crippen molar-refractivity contribution in [3.63, 3.8) is 0 Å². The predicted octanol–water partition coefficient (Wildman–Crippen LogP) is 6.73. The lowest BCUT2D eigenvalue weighted by molar-refractivity contribution is -0.134. The SMILES string of the molecule is CC(C)c1ccc(C(O)(c2cncc(-c3nc(C4CCN(C(=O)CO[Si](c5ccccc5)(c5ccccc5)C(C)(C)C)CC4)no3)c2)C2(C)CN(C)C2)cc1. The minimum absolute atomic E-state index is 0.000752. The summed E-state index contributed by atoms with van der Waals surface area (Å²) >= 11 is 0. The molecule has 9 nitrogen and oxygen atoms in total. The number of aromatic nitrogens is 3. The highest BCUT2D eigenvalue weighted by atomic mass is 28.4. The lowest BCUT2D eigenvalue weighted by Crippen LogP contribution is -2.67. The van der Waals surface area contributed by atoms with Gasteiger partial charge in [0.2, 0.25) is 5.91 Å². The predicted molar refractivity (Wildman–Crippen MR) is 219 cm³/mol. The van der Waals surface area contributed by atoms with E-state index in [-0.39, 0.29) is 23.5 Å². The third kappa shape index (κ3) is 7.21. The summed E-state index contributed by atoms with van der Waals surface area (Å²) in [7, 11) is -0.756. The number of nitrogens with zero attached hydrogens (tertiary/aromatic N) is 5. The molecule has 0 saturated carbocycles. The van der Waals surface area contributed by atoms with E-state index in [2.05, 4.69) is 136 Å². The van der Waals surface area contributed by atoms with Crippen LogP contribution in [0.2, 0.25) is 5.04 Å². The average molecular weight is 758 g/mol. The van der Waals surface area contributed by atoms with Crippen LogP contribution in [-0.4, -0.2) is 84.1 Å². The van der Waals surface area contributed by atoms with Crippen LogP contribution in [0.4, 0.5) is 0 Å². The molecule has 2 aliphatic rings. The number of rotatable bonds is 11. The molecule has 1 amide bonds. The molecule has 3 aromatic carbocycles. The molecule has 2 fully saturated rings. The van der Waals surface area contributed by atoms with Crippen molar-refractivity contribution in [3.05, 3.63) is 126 Å². The zero-order valence-corrected chi connectivity index (χ0v) is 34.3. The van der Waals surface area contributed by atoms with Gasteiger partial charge in [0.15, 0.2) is 5.82 Å². The van der Waals surface area contributed by atoms with Crippen LogP contribution in [0.5, 0.6) is 0 Å². The Hall–Kier alpha value is -4.48. The van der Waals surface area contributed by atoms with Gasteiger partial charge in [0.1, 0.15) is 12.2 Å². The molecule has 55 heavy (non-hydrogen) atoms. The highest BCUT2D eigenvalue weighted by Gasteiger charge is 2.55. The number of carbonyl (C=O) groups excluding carboxylic acids is 1. The summed E-state index contributed by atoms with van der Waals surface area (Å²) in [6.45, 7) is 15.8. The first-order valence-corrected chi connectivity index (χ1v) is 21.5. The fourth-order valence-corrected chi connectivity index (χ4v) is 13.5. The minimum atomic E-state index is -2.83. The second-order valence-electron chi connectivity index (χ2n) is 17.2. The largest absolute Gasteiger partial charge is 0.398 e. The van der Waals surface area contributed by atoms with Crippen LogP contribution in [0, 0.1) is 5.41 Å². The monoisotopic (exact) mass is 757 g/mol. The molecule has 288 valence electrons. The molecule has 0 radical (unpaired) electrons. The first kappa shape index (κ1) is 38.8. The molecule has 2 saturated heterocycles. The van der Waals surface area contributed by atoms with Gasteiger partial charge >= 0.3 is 0 Å². The summed E-state index contributed by atoms with van der Waals surface area (Å²) in [4.78, 5) is 27.3. The van der Waals surface area contributed by atoms with Crippen molar-refractivity contribution in [3.8, 4) is 11.5 Å². The van der Waals surface area contributed by atoms with Crippen LogP contribution in [0.1, 0.15) is 88.7 Å². The van der Waals surface area contributed by atoms with Crippen LogP contribution in [0.3, 0.4) is 0 Å². The second-order valence-corrected chi connectivity index (χ2v) is 21.6. The first-order valence-electron chi connectivity index (χ1n) is 19.6. The Labute approximate surface area is 326 Å². The standard InChI is InChI=1S/C45H55N5O4Si/c1-32(2)33-18-20-36(21-19-33)45(52,44(6)30-49(7)31-44)37-26-35(27-46-28-37)42-47-41(48-54-42)34-22-24-50(25-23-34)40(51)29-53-55(43(3,4)5,38-14-10-8-11-15-38)39-16-12-9-13-17-39/h8-21,26-28,32,34,52H,22-25,29-31H2,1-7H3. The number of pyridine rings is 1. The van der Waals surface area contributed by atoms with E-state index in [0.29, 0.717) is 41.8 Å². The topological polar surface area (TPSA) is 105 Å². The Kier molecular flexibility index (Phi) is 10.7. The Balaban J connectivity index is 1.05. The zero-order chi connectivity index (χ0) is 39.0. The van der Waals surface area contributed by atoms with Crippen LogP contribution < -0.4 is 10.4 Å². The molecule has 0 bridgehead atoms. The molecule has 10 heteroatoms. The highest BCUT2D eigenvalue weighted by Crippen LogP contribution is 2.50. The van der Waals surface area contributed by atoms with Gasteiger partial charge in [-0.2, -0.15) is 4.98 Å². The van der Waals surface area contributed by atoms with Gasteiger partial charge in [-0.3, -0.25) is 9.78 Å². The number of hydrogen-bond donors (Lipinski definition) is 1. The van der Waals surface area contributed by atoms with Gasteiger partial charge in [-0.05, 0) is 58.4 Å². The number of likely N-dealkylation sites (tertiary alicyclic amines) is 2. The average Bonchev–Trinajstić information content (AvgIpc) is 3.68. The number of aliphatic hydroxyl groups is 1. The van der Waals surface area contributed by atoms with E-state index in [1.165, 1.54) is 5.56 Å². The molecule has 7 rings (SSSR count). The first-order chi connectivity index (χ1) is 26.2. The quantitative estimate of drug-likeness (QED) is 0.148. The van der Waals surface area contributed by atoms with Crippen LogP contribution >= 0.6 is 0 Å². The summed E-state index contributed by atoms with van der Waals surface area (Å²) in [6.07, 6.45) is 4.91. The molecule has 1 unspecified atom stereocenters. The van der Waals surface area contributed by atoms with Gasteiger partial charge in [0.05, 0.1) is 5.56 Å². The van der Waals surface area contributed by atoms with E-state index in [1.807, 2.05) is 23.1 Å². The lowest BCUT2D eigenvalue weighted by atomic mass is 9.62. The van der Waals surface area contributed by atoms with E-state index in [1.54, 1.807) is 12.4 Å². The number of piperidine rings is 1. The zero-order valence-electron chi connectivity index (χ0n) is 33.3. The van der Waals surface area contributed by atoms with Crippen LogP contribution in [0.15, 0.2) is 108 Å². The Bertz CT molecular complexity index is 2030. The van der Waals surface area contributed by atoms with E-state index in [0.717, 1.165) is 41.9 Å². The number of hydrogen-bond acceptors (Lipinski definition) is 8. The normalized spacial score (nSPS) is 17.9. The van der Waals surface area contributed by atoms with Crippen molar-refractivity contribution in [1.29, 1.82) is 0 Å². The summed E-state index contributed by atoms with van der Waals surface area (Å²) in [6, 6.07) is 31.1. The molecule has 4 heterocycles. The van der Waals surface area contributed by atoms with Gasteiger partial charge in [-0.1, -0.05) is 132 Å². The fraction of sp³-hybridized carbons (Fsp3) is 0.422. The molecular formula is C45H55N5O4Si. The number of carbonyl (C=O) groups is 1. The van der Waals surface area contributed by atoms with Gasteiger partial charge in [-0.15, -0.1) is 0 Å². The lowest BCUT2D eigenvalue weighted by Gasteiger charge is -2.55. The highest BCUT2D eigenvalue weighted by molar-refractivity contribution is 6.99. The molecule has 0 aliphatic carbocycles. The Morgan fingerprint density at radius 2 is 1.53 bits per heavy atom. The number of benzene rings is 3. The maximum atomic E-state index is 13.8. The van der Waals surface area contributed by atoms with E-state index in [9.17, 15) is 9.90 Å². The molecule has 1 N–H and O–H groups in total. The van der Waals surface area contributed by atoms with Crippen molar-refractivity contribution in [2.45, 2.75) is 76.9 Å². The van der Waals surface area contributed by atoms with E-state index < -0.39 is 19.3 Å². The molecule has 1 atom stereocenters. The van der Waals surface area contributed by atoms with Crippen LogP contribution in [0.25, 0.3) is 11.5 Å². The summed E-state index contributed by atoms with van der Waals surface area (Å²) in [5, 5.41) is 19.2. The Morgan fingerprint density at radius 1 is 0.927 bits per heavy atom. The van der Waals surface area contributed by atoms with E-state index >= 15 is 0 Å². The third-order valence-corrected chi connectivity index (χ3v) is 17.0. The van der Waals surface area contributed by atoms with Crippen molar-refractivity contribution in [2.24, 2.45) is 5.41 Å². The van der Waals surface area contributed by atoms with Gasteiger partial charge in [-0.25, -0.2) is 0 Å². The van der Waals surface area contributed by atoms with E-state index in [4.69, 9.17) is 13.9 Å². The summed E-state index contributed by atoms with van der Waals surface area (Å²) < 4.78 is 12.8. The van der Waals surface area contributed by atoms with Crippen molar-refractivity contribution in [1.82, 2.24) is 24.9 Å². The summed E-state index contributed by atoms with van der Waals surface area (Å²) in [5.41, 5.74) is 1.74. The smallest absolute Gasteiger partial charge is 0.261 e. The van der Waals surface area contributed by atoms with Gasteiger partial charge in [0, 0.05) is 55.5 Å². The molecule has 5 aromatic rings. The molecule has 2 aromatic heterocycles. The van der Waals surface area contributed by atoms with Crippen molar-refractivity contribution in [2.75, 3.05) is 39.8 Å². The Morgan fingerprint density at radius 3 is 2.07 bits per heavy atom. The molecule has 0 spiro atoms. The maximum absolute atomic E-state index is 13.8. The number of amides is 1. The molecular weight excluding hydrogens is 703 g/mol. The third-order valence-electron chi connectivity index (χ3n) is 12.0. The van der Waals surface area contributed by atoms with Gasteiger partial charge < -0.3 is 23.9 Å². The van der Waals surface area contributed by atoms with Crippen LogP contribution in [-0.2, 0) is 14.8 Å². The van der Waals surface area contributed by atoms with Crippen molar-refractivity contribution >= 4 is 24.6 Å². The van der Waals surface area contributed by atoms with Gasteiger partial charge in [0.25, 0.3) is 14.2 Å². The summed E-state index contributed by atoms with van der Waals surface area (Å²) in [5.74, 6) is 1.45. The second kappa shape index (κ2) is 15.2. The molecule has 2 aliphatic heterocycles. The van der Waals surface area contributed by atoms with Crippen molar-refractivity contribution < 1.29 is 18.9 Å². The maximum Gasteiger partial charge on any atom is 0.261 e. The minimum Gasteiger partial charge on any atom is -0.398 e. The fourth-order valence-electron chi connectivity index (χ4n) is 9.03.